The first kappa shape index (κ1) is 8.75. The van der Waals surface area contributed by atoms with Gasteiger partial charge >= 0.3 is 0 Å². The maximum absolute atomic E-state index is 8.64. The van der Waals surface area contributed by atoms with Gasteiger partial charge in [-0.25, -0.2) is 0 Å². The molecule has 1 fully saturated rings. The van der Waals surface area contributed by atoms with Crippen LogP contribution in [-0.4, -0.2) is 23.9 Å². The van der Waals surface area contributed by atoms with Crippen molar-refractivity contribution in [2.75, 3.05) is 6.61 Å². The predicted molar refractivity (Wildman–Crippen MR) is 44.4 cm³/mol. The molecule has 0 aromatic heterocycles. The molecule has 1 rings (SSSR count). The van der Waals surface area contributed by atoms with E-state index in [4.69, 9.17) is 9.84 Å². The molecule has 2 heteroatoms. The molecule has 0 bridgehead atoms. The smallest absolute Gasteiger partial charge is 0.107 e. The summed E-state index contributed by atoms with van der Waals surface area (Å²) < 4.78 is 5.17. The lowest BCUT2D eigenvalue weighted by Gasteiger charge is -1.90. The third kappa shape index (κ3) is 3.04. The summed E-state index contributed by atoms with van der Waals surface area (Å²) >= 11 is 0. The van der Waals surface area contributed by atoms with Crippen molar-refractivity contribution in [1.82, 2.24) is 0 Å². The number of hydrogen-bond acceptors (Lipinski definition) is 2. The van der Waals surface area contributed by atoms with Crippen LogP contribution in [0.5, 0.6) is 0 Å². The van der Waals surface area contributed by atoms with E-state index >= 15 is 0 Å². The molecule has 11 heavy (non-hydrogen) atoms. The second kappa shape index (κ2) is 3.88. The fourth-order valence-corrected chi connectivity index (χ4v) is 1.13. The minimum Gasteiger partial charge on any atom is -0.394 e. The lowest BCUT2D eigenvalue weighted by molar-refractivity contribution is 0.241. The molecule has 64 valence electrons. The molecule has 0 saturated carbocycles. The first-order chi connectivity index (χ1) is 5.24. The van der Waals surface area contributed by atoms with Gasteiger partial charge in [-0.05, 0) is 26.7 Å². The Bertz CT molecular complexity index is 148. The lowest BCUT2D eigenvalue weighted by atomic mass is 10.1. The lowest BCUT2D eigenvalue weighted by Crippen LogP contribution is -1.98. The van der Waals surface area contributed by atoms with E-state index in [9.17, 15) is 0 Å². The molecule has 0 aromatic rings. The molecule has 0 aromatic carbocycles. The number of aliphatic hydroxyl groups excluding tert-OH is 1. The average Bonchev–Trinajstić information content (AvgIpc) is 2.66. The zero-order valence-electron chi connectivity index (χ0n) is 7.21. The van der Waals surface area contributed by atoms with Crippen molar-refractivity contribution in [3.8, 4) is 0 Å². The summed E-state index contributed by atoms with van der Waals surface area (Å²) in [6.07, 6.45) is 4.80. The molecule has 1 aliphatic rings. The summed E-state index contributed by atoms with van der Waals surface area (Å²) in [5.74, 6) is 0. The van der Waals surface area contributed by atoms with Crippen LogP contribution in [0.4, 0.5) is 0 Å². The van der Waals surface area contributed by atoms with Crippen LogP contribution in [0.25, 0.3) is 0 Å². The first-order valence-electron chi connectivity index (χ1n) is 4.13. The highest BCUT2D eigenvalue weighted by Gasteiger charge is 2.36. The molecule has 1 saturated heterocycles. The van der Waals surface area contributed by atoms with Crippen molar-refractivity contribution in [1.29, 1.82) is 0 Å². The van der Waals surface area contributed by atoms with E-state index in [1.807, 2.05) is 0 Å². The minimum absolute atomic E-state index is 0.139. The Hall–Kier alpha value is -0.340. The van der Waals surface area contributed by atoms with E-state index in [0.717, 1.165) is 12.8 Å². The number of rotatable bonds is 4. The molecule has 2 atom stereocenters. The third-order valence-electron chi connectivity index (χ3n) is 1.87. The van der Waals surface area contributed by atoms with Gasteiger partial charge in [0, 0.05) is 0 Å². The molecule has 0 spiro atoms. The van der Waals surface area contributed by atoms with Gasteiger partial charge in [-0.15, -0.1) is 0 Å². The summed E-state index contributed by atoms with van der Waals surface area (Å²) in [4.78, 5) is 0. The van der Waals surface area contributed by atoms with E-state index < -0.39 is 0 Å². The van der Waals surface area contributed by atoms with Gasteiger partial charge in [-0.2, -0.15) is 0 Å². The molecule has 0 radical (unpaired) electrons. The zero-order valence-corrected chi connectivity index (χ0v) is 7.21. The second-order valence-corrected chi connectivity index (χ2v) is 3.25. The number of aliphatic hydroxyl groups is 1. The molecule has 2 nitrogen and oxygen atoms in total. The fraction of sp³-hybridized carbons (Fsp3) is 0.778. The number of ether oxygens (including phenoxy) is 1. The largest absolute Gasteiger partial charge is 0.394 e. The monoisotopic (exact) mass is 156 g/mol. The van der Waals surface area contributed by atoms with Gasteiger partial charge in [-0.1, -0.05) is 11.6 Å². The second-order valence-electron chi connectivity index (χ2n) is 3.25. The summed E-state index contributed by atoms with van der Waals surface area (Å²) in [7, 11) is 0. The molecular weight excluding hydrogens is 140 g/mol. The average molecular weight is 156 g/mol. The van der Waals surface area contributed by atoms with Gasteiger partial charge in [0.25, 0.3) is 0 Å². The van der Waals surface area contributed by atoms with Crippen LogP contribution in [-0.2, 0) is 4.74 Å². The van der Waals surface area contributed by atoms with E-state index in [1.165, 1.54) is 5.57 Å². The first-order valence-corrected chi connectivity index (χ1v) is 4.13. The SMILES string of the molecule is CC(C)=CCC[C@H]1O[C@@H]1CO. The topological polar surface area (TPSA) is 32.8 Å². The van der Waals surface area contributed by atoms with Crippen LogP contribution in [0.2, 0.25) is 0 Å². The number of hydrogen-bond donors (Lipinski definition) is 1. The number of allylic oxidation sites excluding steroid dienone is 2. The Balaban J connectivity index is 2.02. The summed E-state index contributed by atoms with van der Waals surface area (Å²) in [6, 6.07) is 0. The van der Waals surface area contributed by atoms with Gasteiger partial charge in [0.1, 0.15) is 6.10 Å². The molecule has 0 unspecified atom stereocenters. The summed E-state index contributed by atoms with van der Waals surface area (Å²) in [5.41, 5.74) is 1.35. The van der Waals surface area contributed by atoms with Crippen molar-refractivity contribution in [3.05, 3.63) is 11.6 Å². The molecule has 0 amide bonds. The Kier molecular flexibility index (Phi) is 3.09. The van der Waals surface area contributed by atoms with Crippen LogP contribution in [0.3, 0.4) is 0 Å². The number of epoxide rings is 1. The van der Waals surface area contributed by atoms with Gasteiger partial charge in [0.2, 0.25) is 0 Å². The van der Waals surface area contributed by atoms with Crippen molar-refractivity contribution < 1.29 is 9.84 Å². The molecule has 1 heterocycles. The normalized spacial score (nSPS) is 28.3. The maximum Gasteiger partial charge on any atom is 0.107 e. The molecule has 0 aliphatic carbocycles. The minimum atomic E-state index is 0.139. The van der Waals surface area contributed by atoms with Crippen molar-refractivity contribution >= 4 is 0 Å². The predicted octanol–water partition coefficient (Wildman–Crippen LogP) is 1.49. The summed E-state index contributed by atoms with van der Waals surface area (Å²) in [6.45, 7) is 4.37. The molecule has 1 aliphatic heterocycles. The van der Waals surface area contributed by atoms with Crippen LogP contribution in [0.1, 0.15) is 26.7 Å². The van der Waals surface area contributed by atoms with Crippen LogP contribution in [0, 0.1) is 0 Å². The summed E-state index contributed by atoms with van der Waals surface area (Å²) in [5, 5.41) is 8.64. The highest BCUT2D eigenvalue weighted by molar-refractivity contribution is 4.95. The van der Waals surface area contributed by atoms with Crippen LogP contribution < -0.4 is 0 Å². The van der Waals surface area contributed by atoms with E-state index in [0.29, 0.717) is 6.10 Å². The quantitative estimate of drug-likeness (QED) is 0.494. The molecule has 1 N–H and O–H groups in total. The van der Waals surface area contributed by atoms with E-state index in [2.05, 4.69) is 19.9 Å². The van der Waals surface area contributed by atoms with Crippen molar-refractivity contribution in [2.24, 2.45) is 0 Å². The Labute approximate surface area is 67.9 Å². The van der Waals surface area contributed by atoms with Gasteiger partial charge < -0.3 is 9.84 Å². The highest BCUT2D eigenvalue weighted by Crippen LogP contribution is 2.25. The van der Waals surface area contributed by atoms with Gasteiger partial charge in [0.05, 0.1) is 12.7 Å². The van der Waals surface area contributed by atoms with Crippen LogP contribution >= 0.6 is 0 Å². The van der Waals surface area contributed by atoms with Crippen molar-refractivity contribution in [2.45, 2.75) is 38.9 Å². The zero-order chi connectivity index (χ0) is 8.27. The van der Waals surface area contributed by atoms with E-state index in [1.54, 1.807) is 0 Å². The Morgan fingerprint density at radius 3 is 2.64 bits per heavy atom. The third-order valence-corrected chi connectivity index (χ3v) is 1.87. The van der Waals surface area contributed by atoms with Gasteiger partial charge in [-0.3, -0.25) is 0 Å². The Morgan fingerprint density at radius 1 is 1.45 bits per heavy atom. The maximum atomic E-state index is 8.64. The van der Waals surface area contributed by atoms with Crippen molar-refractivity contribution in [3.63, 3.8) is 0 Å². The van der Waals surface area contributed by atoms with Gasteiger partial charge in [0.15, 0.2) is 0 Å². The van der Waals surface area contributed by atoms with Crippen LogP contribution in [0.15, 0.2) is 11.6 Å². The standard InChI is InChI=1S/C9H16O2/c1-7(2)4-3-5-8-9(6-10)11-8/h4,8-10H,3,5-6H2,1-2H3/t8-,9-/m1/s1. The highest BCUT2D eigenvalue weighted by atomic mass is 16.6. The molecular formula is C9H16O2. The fourth-order valence-electron chi connectivity index (χ4n) is 1.13. The van der Waals surface area contributed by atoms with E-state index in [-0.39, 0.29) is 12.7 Å². The Morgan fingerprint density at radius 2 is 2.18 bits per heavy atom.